The van der Waals surface area contributed by atoms with Crippen LogP contribution in [-0.4, -0.2) is 63.1 Å². The Balaban J connectivity index is 1.28. The molecule has 0 saturated carbocycles. The first-order valence-corrected chi connectivity index (χ1v) is 14.7. The third-order valence-electron chi connectivity index (χ3n) is 6.34. The summed E-state index contributed by atoms with van der Waals surface area (Å²) in [5.74, 6) is -0.233. The first-order chi connectivity index (χ1) is 17.5. The molecule has 37 heavy (non-hydrogen) atoms. The fraction of sp³-hybridized carbons (Fsp3) is 0.160. The van der Waals surface area contributed by atoms with Crippen molar-refractivity contribution < 1.29 is 21.6 Å². The molecule has 0 bridgehead atoms. The number of fused-ring (bicyclic) bond motifs is 1. The number of carbonyl (C=O) groups excluding carboxylic acids is 1. The predicted octanol–water partition coefficient (Wildman–Crippen LogP) is 3.28. The van der Waals surface area contributed by atoms with Crippen LogP contribution in [0.15, 0.2) is 82.7 Å². The normalized spacial score (nSPS) is 15.2. The lowest BCUT2D eigenvalue weighted by Crippen LogP contribution is -2.50. The Morgan fingerprint density at radius 2 is 1.54 bits per heavy atom. The van der Waals surface area contributed by atoms with Gasteiger partial charge in [0.15, 0.2) is 0 Å². The number of nitrogens with one attached hydrogen (secondary N) is 1. The lowest BCUT2D eigenvalue weighted by Gasteiger charge is -2.33. The largest absolute Gasteiger partial charge is 0.345 e. The molecule has 1 saturated heterocycles. The number of rotatable bonds is 5. The van der Waals surface area contributed by atoms with Crippen molar-refractivity contribution in [1.29, 1.82) is 0 Å². The highest BCUT2D eigenvalue weighted by molar-refractivity contribution is 7.89. The molecule has 1 fully saturated rings. The van der Waals surface area contributed by atoms with Crippen molar-refractivity contribution in [2.45, 2.75) is 9.92 Å². The molecule has 0 radical (unpaired) electrons. The van der Waals surface area contributed by atoms with E-state index in [2.05, 4.69) is 4.98 Å². The minimum Gasteiger partial charge on any atom is -0.345 e. The maximum absolute atomic E-state index is 13.2. The van der Waals surface area contributed by atoms with Crippen molar-refractivity contribution >= 4 is 48.5 Å². The summed E-state index contributed by atoms with van der Waals surface area (Å²) in [5, 5.41) is 6.64. The Hall–Kier alpha value is -3.22. The molecule has 2 heterocycles. The van der Waals surface area contributed by atoms with Crippen molar-refractivity contribution in [3.63, 3.8) is 0 Å². The summed E-state index contributed by atoms with van der Waals surface area (Å²) in [6.07, 6.45) is 0. The predicted molar refractivity (Wildman–Crippen MR) is 141 cm³/mol. The highest BCUT2D eigenvalue weighted by Crippen LogP contribution is 2.28. The van der Waals surface area contributed by atoms with Crippen molar-refractivity contribution in [3.8, 4) is 11.1 Å². The van der Waals surface area contributed by atoms with Crippen LogP contribution in [-0.2, 0) is 20.0 Å². The average Bonchev–Trinajstić information content (AvgIpc) is 3.32. The summed E-state index contributed by atoms with van der Waals surface area (Å²) in [4.78, 5) is 17.6. The van der Waals surface area contributed by atoms with Gasteiger partial charge in [-0.25, -0.2) is 22.0 Å². The van der Waals surface area contributed by atoms with Crippen LogP contribution in [0.2, 0.25) is 5.02 Å². The molecule has 5 rings (SSSR count). The first-order valence-electron chi connectivity index (χ1n) is 11.3. The van der Waals surface area contributed by atoms with Gasteiger partial charge in [0.05, 0.1) is 4.90 Å². The Morgan fingerprint density at radius 1 is 0.865 bits per heavy atom. The van der Waals surface area contributed by atoms with Gasteiger partial charge in [0.25, 0.3) is 15.9 Å². The minimum absolute atomic E-state index is 0.00414. The maximum atomic E-state index is 13.2. The van der Waals surface area contributed by atoms with Gasteiger partial charge in [-0.1, -0.05) is 41.9 Å². The van der Waals surface area contributed by atoms with E-state index >= 15 is 0 Å². The number of primary sulfonamides is 1. The lowest BCUT2D eigenvalue weighted by atomic mass is 10.0. The van der Waals surface area contributed by atoms with E-state index in [1.807, 2.05) is 0 Å². The summed E-state index contributed by atoms with van der Waals surface area (Å²) in [7, 11) is -7.67. The monoisotopic (exact) mass is 558 g/mol. The van der Waals surface area contributed by atoms with Crippen LogP contribution in [0.25, 0.3) is 22.0 Å². The van der Waals surface area contributed by atoms with Crippen LogP contribution >= 0.6 is 11.6 Å². The van der Waals surface area contributed by atoms with Gasteiger partial charge in [-0.2, -0.15) is 4.31 Å². The third-order valence-corrected chi connectivity index (χ3v) is 9.36. The van der Waals surface area contributed by atoms with Crippen LogP contribution < -0.4 is 5.14 Å². The molecular weight excluding hydrogens is 536 g/mol. The lowest BCUT2D eigenvalue weighted by molar-refractivity contribution is 0.0698. The molecule has 0 unspecified atom stereocenters. The number of benzene rings is 3. The summed E-state index contributed by atoms with van der Waals surface area (Å²) in [5.41, 5.74) is 2.14. The number of hydrogen-bond acceptors (Lipinski definition) is 5. The number of nitrogens with zero attached hydrogens (tertiary/aromatic N) is 2. The van der Waals surface area contributed by atoms with E-state index in [0.29, 0.717) is 32.6 Å². The van der Waals surface area contributed by atoms with Crippen LogP contribution in [0.3, 0.4) is 0 Å². The molecular formula is C25H23ClN4O5S2. The first kappa shape index (κ1) is 25.4. The van der Waals surface area contributed by atoms with E-state index in [4.69, 9.17) is 16.7 Å². The second-order valence-electron chi connectivity index (χ2n) is 8.68. The Labute approximate surface area is 219 Å². The number of carbonyl (C=O) groups is 1. The van der Waals surface area contributed by atoms with Gasteiger partial charge in [-0.05, 0) is 48.0 Å². The number of H-pyrrole nitrogens is 1. The average molecular weight is 559 g/mol. The van der Waals surface area contributed by atoms with E-state index in [1.165, 1.54) is 10.4 Å². The number of amides is 1. The SMILES string of the molecule is NS(=O)(=O)c1ccccc1-c1ccc(C(=O)N2CCN(S(=O)(=O)c3cc4cc(Cl)ccc4[nH]3)CC2)cc1. The van der Waals surface area contributed by atoms with Crippen LogP contribution in [0, 0.1) is 0 Å². The van der Waals surface area contributed by atoms with Crippen molar-refractivity contribution in [1.82, 2.24) is 14.2 Å². The Kier molecular flexibility index (Phi) is 6.59. The number of piperazine rings is 1. The van der Waals surface area contributed by atoms with Gasteiger partial charge in [-0.15, -0.1) is 0 Å². The minimum atomic E-state index is -3.91. The molecule has 192 valence electrons. The number of aromatic nitrogens is 1. The number of nitrogens with two attached hydrogens (primary N) is 1. The van der Waals surface area contributed by atoms with Crippen molar-refractivity contribution in [2.75, 3.05) is 26.2 Å². The van der Waals surface area contributed by atoms with E-state index in [1.54, 1.807) is 71.6 Å². The quantitative estimate of drug-likeness (QED) is 0.388. The summed E-state index contributed by atoms with van der Waals surface area (Å²) in [6, 6.07) is 19.6. The second kappa shape index (κ2) is 9.58. The molecule has 1 aliphatic heterocycles. The summed E-state index contributed by atoms with van der Waals surface area (Å²) >= 11 is 6.01. The molecule has 1 aliphatic rings. The second-order valence-corrected chi connectivity index (χ2v) is 12.6. The smallest absolute Gasteiger partial charge is 0.258 e. The van der Waals surface area contributed by atoms with E-state index < -0.39 is 20.0 Å². The molecule has 0 spiro atoms. The van der Waals surface area contributed by atoms with Gasteiger partial charge < -0.3 is 9.88 Å². The number of sulfonamides is 2. The van der Waals surface area contributed by atoms with Crippen LogP contribution in [0.1, 0.15) is 10.4 Å². The highest BCUT2D eigenvalue weighted by Gasteiger charge is 2.31. The van der Waals surface area contributed by atoms with Gasteiger partial charge in [0, 0.05) is 53.2 Å². The Morgan fingerprint density at radius 3 is 2.22 bits per heavy atom. The fourth-order valence-electron chi connectivity index (χ4n) is 4.41. The number of hydrogen-bond donors (Lipinski definition) is 2. The zero-order valence-corrected chi connectivity index (χ0v) is 21.9. The van der Waals surface area contributed by atoms with Crippen molar-refractivity contribution in [2.24, 2.45) is 5.14 Å². The fourth-order valence-corrected chi connectivity index (χ4v) is 6.79. The number of aromatic amines is 1. The molecule has 9 nitrogen and oxygen atoms in total. The standard InChI is InChI=1S/C25H23ClN4O5S2/c26-20-9-10-22-19(15-20)16-24(28-22)37(34,35)30-13-11-29(12-14-30)25(31)18-7-5-17(6-8-18)21-3-1-2-4-23(21)36(27,32)33/h1-10,15-16,28H,11-14H2,(H2,27,32,33). The Bertz CT molecular complexity index is 1710. The van der Waals surface area contributed by atoms with E-state index in [-0.39, 0.29) is 42.0 Å². The van der Waals surface area contributed by atoms with E-state index in [9.17, 15) is 21.6 Å². The third kappa shape index (κ3) is 5.00. The van der Waals surface area contributed by atoms with Gasteiger partial charge in [0.2, 0.25) is 10.0 Å². The molecule has 0 atom stereocenters. The molecule has 4 aromatic rings. The zero-order chi connectivity index (χ0) is 26.4. The zero-order valence-electron chi connectivity index (χ0n) is 19.5. The van der Waals surface area contributed by atoms with E-state index in [0.717, 1.165) is 0 Å². The molecule has 3 aromatic carbocycles. The molecule has 1 aromatic heterocycles. The summed E-state index contributed by atoms with van der Waals surface area (Å²) < 4.78 is 51.5. The molecule has 0 aliphatic carbocycles. The van der Waals surface area contributed by atoms with Gasteiger partial charge in [-0.3, -0.25) is 4.79 Å². The molecule has 3 N–H and O–H groups in total. The van der Waals surface area contributed by atoms with Gasteiger partial charge >= 0.3 is 0 Å². The van der Waals surface area contributed by atoms with Gasteiger partial charge in [0.1, 0.15) is 5.03 Å². The topological polar surface area (TPSA) is 134 Å². The van der Waals surface area contributed by atoms with Crippen LogP contribution in [0.5, 0.6) is 0 Å². The van der Waals surface area contributed by atoms with Crippen LogP contribution in [0.4, 0.5) is 0 Å². The maximum Gasteiger partial charge on any atom is 0.258 e. The number of halogens is 1. The molecule has 12 heteroatoms. The highest BCUT2D eigenvalue weighted by atomic mass is 35.5. The van der Waals surface area contributed by atoms with Crippen molar-refractivity contribution in [3.05, 3.63) is 83.4 Å². The summed E-state index contributed by atoms with van der Waals surface area (Å²) in [6.45, 7) is 0.786. The molecule has 1 amide bonds.